The van der Waals surface area contributed by atoms with E-state index in [1.165, 1.54) is 10.9 Å². The molecule has 1 atom stereocenters. The molecule has 1 aliphatic heterocycles. The van der Waals surface area contributed by atoms with Gasteiger partial charge in [-0.25, -0.2) is 4.98 Å². The van der Waals surface area contributed by atoms with Crippen molar-refractivity contribution in [2.75, 3.05) is 13.2 Å². The molecule has 0 aliphatic carbocycles. The number of fused-ring (bicyclic) bond motifs is 4. The van der Waals surface area contributed by atoms with Gasteiger partial charge in [0.2, 0.25) is 0 Å². The molecule has 0 unspecified atom stereocenters. The molecule has 1 aliphatic rings. The van der Waals surface area contributed by atoms with E-state index in [0.717, 1.165) is 33.4 Å². The lowest BCUT2D eigenvalue weighted by Gasteiger charge is -2.35. The Labute approximate surface area is 204 Å². The second-order valence-corrected chi connectivity index (χ2v) is 9.26. The van der Waals surface area contributed by atoms with E-state index < -0.39 is 0 Å². The van der Waals surface area contributed by atoms with Crippen LogP contribution in [0, 0.1) is 0 Å². The number of H-pyrrole nitrogens is 1. The lowest BCUT2D eigenvalue weighted by molar-refractivity contribution is 0.0653. The van der Waals surface area contributed by atoms with E-state index in [1.54, 1.807) is 0 Å². The number of benzene rings is 3. The highest BCUT2D eigenvalue weighted by Gasteiger charge is 2.36. The molecule has 1 amide bonds. The number of nitrogens with one attached hydrogen (secondary N) is 1. The van der Waals surface area contributed by atoms with E-state index in [9.17, 15) is 4.79 Å². The molecule has 6 nitrogen and oxygen atoms in total. The van der Waals surface area contributed by atoms with E-state index in [4.69, 9.17) is 9.15 Å². The molecule has 6 rings (SSSR count). The minimum absolute atomic E-state index is 0.101. The van der Waals surface area contributed by atoms with Crippen molar-refractivity contribution in [3.63, 3.8) is 0 Å². The van der Waals surface area contributed by atoms with Gasteiger partial charge in [0.15, 0.2) is 5.58 Å². The van der Waals surface area contributed by atoms with Crippen LogP contribution in [0.1, 0.15) is 40.5 Å². The predicted octanol–water partition coefficient (Wildman–Crippen LogP) is 6.26. The van der Waals surface area contributed by atoms with Crippen molar-refractivity contribution < 1.29 is 13.9 Å². The van der Waals surface area contributed by atoms with Crippen LogP contribution in [0.5, 0.6) is 5.75 Å². The Morgan fingerprint density at radius 1 is 1.18 bits per heavy atom. The molecular weight excluding hydrogens is 494 g/mol. The Morgan fingerprint density at radius 3 is 2.82 bits per heavy atom. The second kappa shape index (κ2) is 8.33. The number of carbonyl (C=O) groups excluding carboxylic acids is 1. The number of carbonyl (C=O) groups is 1. The first-order valence-electron chi connectivity index (χ1n) is 11.3. The third-order valence-corrected chi connectivity index (χ3v) is 6.83. The number of nitrogens with zero attached hydrogens (tertiary/aromatic N) is 2. The van der Waals surface area contributed by atoms with Gasteiger partial charge in [-0.1, -0.05) is 46.3 Å². The van der Waals surface area contributed by atoms with Crippen molar-refractivity contribution in [1.82, 2.24) is 14.9 Å². The minimum atomic E-state index is -0.291. The maximum atomic E-state index is 13.8. The summed E-state index contributed by atoms with van der Waals surface area (Å²) >= 11 is 3.46. The van der Waals surface area contributed by atoms with Crippen molar-refractivity contribution >= 4 is 43.8 Å². The fraction of sp³-hybridized carbons (Fsp3) is 0.185. The molecule has 0 saturated carbocycles. The number of aromatic amines is 1. The summed E-state index contributed by atoms with van der Waals surface area (Å²) in [6.07, 6.45) is 0.754. The zero-order valence-electron chi connectivity index (χ0n) is 18.5. The summed E-state index contributed by atoms with van der Waals surface area (Å²) in [4.78, 5) is 23.7. The lowest BCUT2D eigenvalue weighted by Crippen LogP contribution is -2.40. The smallest absolute Gasteiger partial charge is 0.310 e. The Bertz CT molecular complexity index is 1520. The zero-order valence-corrected chi connectivity index (χ0v) is 20.1. The number of hydrogen-bond acceptors (Lipinski definition) is 4. The third-order valence-electron chi connectivity index (χ3n) is 6.33. The van der Waals surface area contributed by atoms with Gasteiger partial charge in [0.25, 0.3) is 5.89 Å². The van der Waals surface area contributed by atoms with Gasteiger partial charge in [0.1, 0.15) is 11.3 Å². The van der Waals surface area contributed by atoms with Gasteiger partial charge in [-0.3, -0.25) is 4.79 Å². The predicted molar refractivity (Wildman–Crippen MR) is 134 cm³/mol. The van der Waals surface area contributed by atoms with E-state index in [-0.39, 0.29) is 17.8 Å². The molecule has 0 bridgehead atoms. The van der Waals surface area contributed by atoms with Crippen LogP contribution in [-0.2, 0) is 6.42 Å². The molecule has 0 spiro atoms. The summed E-state index contributed by atoms with van der Waals surface area (Å²) in [6, 6.07) is 21.5. The lowest BCUT2D eigenvalue weighted by atomic mass is 9.92. The van der Waals surface area contributed by atoms with Crippen LogP contribution in [0.15, 0.2) is 75.6 Å². The number of hydrogen-bond donors (Lipinski definition) is 1. The largest absolute Gasteiger partial charge is 0.494 e. The van der Waals surface area contributed by atoms with Crippen LogP contribution in [0.3, 0.4) is 0 Å². The average Bonchev–Trinajstić information content (AvgIpc) is 3.45. The molecule has 5 aromatic rings. The Hall–Kier alpha value is -3.58. The highest BCUT2D eigenvalue weighted by Crippen LogP contribution is 2.39. The fourth-order valence-electron chi connectivity index (χ4n) is 4.83. The molecule has 1 N–H and O–H groups in total. The topological polar surface area (TPSA) is 71.4 Å². The van der Waals surface area contributed by atoms with Crippen molar-refractivity contribution in [1.29, 1.82) is 0 Å². The summed E-state index contributed by atoms with van der Waals surface area (Å²) in [5.41, 5.74) is 5.60. The van der Waals surface area contributed by atoms with Crippen molar-refractivity contribution in [2.24, 2.45) is 0 Å². The summed E-state index contributed by atoms with van der Waals surface area (Å²) in [6.45, 7) is 3.13. The van der Waals surface area contributed by atoms with E-state index in [0.29, 0.717) is 24.3 Å². The monoisotopic (exact) mass is 515 g/mol. The summed E-state index contributed by atoms with van der Waals surface area (Å²) in [5, 5.41) is 1.20. The SMILES string of the molecule is CCOc1ccc([C@@H]2c3[nH]c4ccccc4c3CCN2C(=O)c2nc3cc(Br)ccc3o2)cc1. The summed E-state index contributed by atoms with van der Waals surface area (Å²) < 4.78 is 12.4. The van der Waals surface area contributed by atoms with Gasteiger partial charge in [-0.2, -0.15) is 0 Å². The van der Waals surface area contributed by atoms with Gasteiger partial charge < -0.3 is 19.0 Å². The van der Waals surface area contributed by atoms with E-state index in [1.807, 2.05) is 60.4 Å². The second-order valence-electron chi connectivity index (χ2n) is 8.35. The van der Waals surface area contributed by atoms with Crippen LogP contribution in [0.4, 0.5) is 0 Å². The van der Waals surface area contributed by atoms with Gasteiger partial charge in [-0.15, -0.1) is 0 Å². The number of oxazole rings is 1. The molecule has 170 valence electrons. The summed E-state index contributed by atoms with van der Waals surface area (Å²) in [5.74, 6) is 0.681. The first kappa shape index (κ1) is 21.0. The highest BCUT2D eigenvalue weighted by atomic mass is 79.9. The van der Waals surface area contributed by atoms with Gasteiger partial charge in [-0.05, 0) is 60.9 Å². The quantitative estimate of drug-likeness (QED) is 0.306. The maximum Gasteiger partial charge on any atom is 0.310 e. The van der Waals surface area contributed by atoms with Crippen LogP contribution < -0.4 is 4.74 Å². The Kier molecular flexibility index (Phi) is 5.14. The zero-order chi connectivity index (χ0) is 23.2. The van der Waals surface area contributed by atoms with Crippen molar-refractivity contribution in [3.8, 4) is 5.75 Å². The molecule has 0 radical (unpaired) electrons. The number of amides is 1. The van der Waals surface area contributed by atoms with Crippen LogP contribution >= 0.6 is 15.9 Å². The number of aromatic nitrogens is 2. The normalized spacial score (nSPS) is 15.6. The number of rotatable bonds is 4. The van der Waals surface area contributed by atoms with Gasteiger partial charge in [0, 0.05) is 27.6 Å². The minimum Gasteiger partial charge on any atom is -0.494 e. The molecular formula is C27H22BrN3O3. The Morgan fingerprint density at radius 2 is 2.00 bits per heavy atom. The molecule has 34 heavy (non-hydrogen) atoms. The number of halogens is 1. The molecule has 0 fully saturated rings. The van der Waals surface area contributed by atoms with Crippen LogP contribution in [-0.4, -0.2) is 33.9 Å². The number of para-hydroxylation sites is 1. The first-order valence-corrected chi connectivity index (χ1v) is 12.1. The first-order chi connectivity index (χ1) is 16.6. The van der Waals surface area contributed by atoms with Crippen molar-refractivity contribution in [3.05, 3.63) is 93.9 Å². The van der Waals surface area contributed by atoms with Crippen LogP contribution in [0.25, 0.3) is 22.0 Å². The molecule has 3 heterocycles. The fourth-order valence-corrected chi connectivity index (χ4v) is 5.18. The maximum absolute atomic E-state index is 13.8. The average molecular weight is 516 g/mol. The van der Waals surface area contributed by atoms with Crippen molar-refractivity contribution in [2.45, 2.75) is 19.4 Å². The molecule has 0 saturated heterocycles. The molecule has 7 heteroatoms. The Balaban J connectivity index is 1.46. The standard InChI is InChI=1S/C27H22BrN3O3/c1-2-33-18-10-7-16(8-11-18)25-24-20(19-5-3-4-6-21(19)29-24)13-14-31(25)27(32)26-30-22-15-17(28)9-12-23(22)34-26/h3-12,15,25,29H,2,13-14H2,1H3/t25-/m1/s1. The van der Waals surface area contributed by atoms with Gasteiger partial charge >= 0.3 is 5.91 Å². The van der Waals surface area contributed by atoms with Crippen LogP contribution in [0.2, 0.25) is 0 Å². The van der Waals surface area contributed by atoms with E-state index >= 15 is 0 Å². The van der Waals surface area contributed by atoms with Gasteiger partial charge in [0.05, 0.1) is 12.6 Å². The molecule has 2 aromatic heterocycles. The summed E-state index contributed by atoms with van der Waals surface area (Å²) in [7, 11) is 0. The molecule has 3 aromatic carbocycles. The highest BCUT2D eigenvalue weighted by molar-refractivity contribution is 9.10. The van der Waals surface area contributed by atoms with E-state index in [2.05, 4.69) is 44.1 Å². The third kappa shape index (κ3) is 3.47. The number of ether oxygens (including phenoxy) is 1.